The van der Waals surface area contributed by atoms with Crippen LogP contribution in [0.3, 0.4) is 0 Å². The van der Waals surface area contributed by atoms with Crippen molar-refractivity contribution in [2.24, 2.45) is 11.7 Å². The fourth-order valence-electron chi connectivity index (χ4n) is 2.41. The molecular formula is C13H22ClN3. The van der Waals surface area contributed by atoms with Crippen molar-refractivity contribution >= 4 is 12.4 Å². The Morgan fingerprint density at radius 1 is 1.47 bits per heavy atom. The highest BCUT2D eigenvalue weighted by Crippen LogP contribution is 2.23. The van der Waals surface area contributed by atoms with Gasteiger partial charge in [-0.2, -0.15) is 0 Å². The van der Waals surface area contributed by atoms with Crippen molar-refractivity contribution in [3.63, 3.8) is 0 Å². The first-order valence-corrected chi connectivity index (χ1v) is 6.04. The van der Waals surface area contributed by atoms with E-state index in [1.54, 1.807) is 0 Å². The van der Waals surface area contributed by atoms with E-state index in [0.29, 0.717) is 12.0 Å². The molecule has 0 spiro atoms. The maximum absolute atomic E-state index is 5.73. The van der Waals surface area contributed by atoms with Crippen molar-refractivity contribution < 1.29 is 0 Å². The second-order valence-electron chi connectivity index (χ2n) is 4.94. The lowest BCUT2D eigenvalue weighted by molar-refractivity contribution is 0.253. The van der Waals surface area contributed by atoms with Crippen LogP contribution in [-0.2, 0) is 6.54 Å². The first kappa shape index (κ1) is 14.4. The van der Waals surface area contributed by atoms with Crippen molar-refractivity contribution in [3.05, 3.63) is 29.6 Å². The predicted molar refractivity (Wildman–Crippen MR) is 73.3 cm³/mol. The number of rotatable bonds is 3. The zero-order valence-electron chi connectivity index (χ0n) is 10.6. The van der Waals surface area contributed by atoms with Gasteiger partial charge in [-0.15, -0.1) is 12.4 Å². The number of likely N-dealkylation sites (tertiary alicyclic amines) is 1. The normalized spacial score (nSPS) is 24.6. The van der Waals surface area contributed by atoms with Gasteiger partial charge in [-0.25, -0.2) is 0 Å². The Kier molecular flexibility index (Phi) is 5.37. The molecule has 2 atom stereocenters. The summed E-state index contributed by atoms with van der Waals surface area (Å²) in [4.78, 5) is 6.94. The van der Waals surface area contributed by atoms with E-state index in [1.165, 1.54) is 12.0 Å². The number of pyridine rings is 1. The van der Waals surface area contributed by atoms with E-state index in [9.17, 15) is 0 Å². The third-order valence-electron chi connectivity index (χ3n) is 3.46. The Hall–Kier alpha value is -0.640. The van der Waals surface area contributed by atoms with Gasteiger partial charge in [0.05, 0.1) is 5.69 Å². The Balaban J connectivity index is 0.00000144. The summed E-state index contributed by atoms with van der Waals surface area (Å²) in [6, 6.07) is 4.89. The Labute approximate surface area is 110 Å². The van der Waals surface area contributed by atoms with Gasteiger partial charge in [0.2, 0.25) is 0 Å². The van der Waals surface area contributed by atoms with E-state index in [4.69, 9.17) is 5.73 Å². The molecule has 2 rings (SSSR count). The Morgan fingerprint density at radius 2 is 2.24 bits per heavy atom. The molecule has 1 aliphatic heterocycles. The highest BCUT2D eigenvalue weighted by Gasteiger charge is 2.27. The molecule has 0 bridgehead atoms. The van der Waals surface area contributed by atoms with Crippen molar-refractivity contribution in [2.45, 2.75) is 32.9 Å². The predicted octanol–water partition coefficient (Wildman–Crippen LogP) is 1.98. The molecule has 96 valence electrons. The van der Waals surface area contributed by atoms with Gasteiger partial charge < -0.3 is 5.73 Å². The molecule has 17 heavy (non-hydrogen) atoms. The lowest BCUT2D eigenvalue weighted by atomic mass is 10.1. The molecular weight excluding hydrogens is 234 g/mol. The third kappa shape index (κ3) is 3.66. The van der Waals surface area contributed by atoms with Crippen LogP contribution in [0.1, 0.15) is 24.6 Å². The lowest BCUT2D eigenvalue weighted by Gasteiger charge is -2.20. The molecule has 2 heterocycles. The molecule has 2 N–H and O–H groups in total. The minimum Gasteiger partial charge on any atom is -0.330 e. The fraction of sp³-hybridized carbons (Fsp3) is 0.615. The zero-order chi connectivity index (χ0) is 11.5. The molecule has 2 unspecified atom stereocenters. The van der Waals surface area contributed by atoms with E-state index in [0.717, 1.165) is 25.3 Å². The van der Waals surface area contributed by atoms with E-state index < -0.39 is 0 Å². The average Bonchev–Trinajstić information content (AvgIpc) is 2.63. The fourth-order valence-corrected chi connectivity index (χ4v) is 2.41. The summed E-state index contributed by atoms with van der Waals surface area (Å²) in [6.07, 6.45) is 3.17. The minimum atomic E-state index is 0. The average molecular weight is 256 g/mol. The molecule has 0 radical (unpaired) electrons. The molecule has 3 nitrogen and oxygen atoms in total. The first-order chi connectivity index (χ1) is 7.69. The van der Waals surface area contributed by atoms with Crippen molar-refractivity contribution in [3.8, 4) is 0 Å². The lowest BCUT2D eigenvalue weighted by Crippen LogP contribution is -2.27. The summed E-state index contributed by atoms with van der Waals surface area (Å²) in [5.41, 5.74) is 8.11. The standard InChI is InChI=1S/C13H21N3.ClH/c1-10-3-4-13(15-7-10)9-16-8-12(6-14)5-11(16)2;/h3-4,7,11-12H,5-6,8-9,14H2,1-2H3;1H. The molecule has 1 aliphatic rings. The van der Waals surface area contributed by atoms with Gasteiger partial charge in [0.1, 0.15) is 0 Å². The third-order valence-corrected chi connectivity index (χ3v) is 3.46. The smallest absolute Gasteiger partial charge is 0.0544 e. The van der Waals surface area contributed by atoms with Crippen LogP contribution in [0.5, 0.6) is 0 Å². The summed E-state index contributed by atoms with van der Waals surface area (Å²) < 4.78 is 0. The molecule has 0 aliphatic carbocycles. The maximum Gasteiger partial charge on any atom is 0.0544 e. The number of hydrogen-bond acceptors (Lipinski definition) is 3. The van der Waals surface area contributed by atoms with Crippen LogP contribution in [0.4, 0.5) is 0 Å². The number of aromatic nitrogens is 1. The summed E-state index contributed by atoms with van der Waals surface area (Å²) >= 11 is 0. The molecule has 0 saturated carbocycles. The SMILES string of the molecule is Cc1ccc(CN2CC(CN)CC2C)nc1.Cl. The van der Waals surface area contributed by atoms with Gasteiger partial charge in [0.15, 0.2) is 0 Å². The number of hydrogen-bond donors (Lipinski definition) is 1. The van der Waals surface area contributed by atoms with E-state index in [-0.39, 0.29) is 12.4 Å². The number of nitrogens with zero attached hydrogens (tertiary/aromatic N) is 2. The zero-order valence-corrected chi connectivity index (χ0v) is 11.4. The number of nitrogens with two attached hydrogens (primary N) is 1. The van der Waals surface area contributed by atoms with Crippen LogP contribution >= 0.6 is 12.4 Å². The summed E-state index contributed by atoms with van der Waals surface area (Å²) in [7, 11) is 0. The molecule has 1 aromatic heterocycles. The van der Waals surface area contributed by atoms with Gasteiger partial charge in [0, 0.05) is 25.3 Å². The van der Waals surface area contributed by atoms with Gasteiger partial charge >= 0.3 is 0 Å². The van der Waals surface area contributed by atoms with Crippen molar-refractivity contribution in [1.82, 2.24) is 9.88 Å². The summed E-state index contributed by atoms with van der Waals surface area (Å²) in [6.45, 7) is 7.23. The van der Waals surface area contributed by atoms with Crippen LogP contribution in [0.2, 0.25) is 0 Å². The van der Waals surface area contributed by atoms with Gasteiger partial charge in [-0.05, 0) is 44.4 Å². The highest BCUT2D eigenvalue weighted by atomic mass is 35.5. The Bertz CT molecular complexity index is 339. The first-order valence-electron chi connectivity index (χ1n) is 6.04. The Morgan fingerprint density at radius 3 is 2.76 bits per heavy atom. The van der Waals surface area contributed by atoms with Gasteiger partial charge in [-0.1, -0.05) is 6.07 Å². The monoisotopic (exact) mass is 255 g/mol. The van der Waals surface area contributed by atoms with Crippen LogP contribution in [-0.4, -0.2) is 29.0 Å². The van der Waals surface area contributed by atoms with E-state index in [2.05, 4.69) is 35.9 Å². The largest absolute Gasteiger partial charge is 0.330 e. The van der Waals surface area contributed by atoms with Crippen molar-refractivity contribution in [2.75, 3.05) is 13.1 Å². The van der Waals surface area contributed by atoms with Crippen LogP contribution < -0.4 is 5.73 Å². The summed E-state index contributed by atoms with van der Waals surface area (Å²) in [5.74, 6) is 0.667. The maximum atomic E-state index is 5.73. The van der Waals surface area contributed by atoms with E-state index >= 15 is 0 Å². The highest BCUT2D eigenvalue weighted by molar-refractivity contribution is 5.85. The van der Waals surface area contributed by atoms with Crippen LogP contribution in [0.25, 0.3) is 0 Å². The quantitative estimate of drug-likeness (QED) is 0.898. The molecule has 1 saturated heterocycles. The number of aryl methyl sites for hydroxylation is 1. The molecule has 4 heteroatoms. The van der Waals surface area contributed by atoms with Crippen LogP contribution in [0, 0.1) is 12.8 Å². The number of halogens is 1. The second-order valence-corrected chi connectivity index (χ2v) is 4.94. The minimum absolute atomic E-state index is 0. The molecule has 1 aromatic rings. The van der Waals surface area contributed by atoms with Gasteiger partial charge in [0.25, 0.3) is 0 Å². The molecule has 0 aromatic carbocycles. The molecule has 1 fully saturated rings. The topological polar surface area (TPSA) is 42.1 Å². The second kappa shape index (κ2) is 6.34. The van der Waals surface area contributed by atoms with E-state index in [1.807, 2.05) is 6.20 Å². The van der Waals surface area contributed by atoms with Gasteiger partial charge in [-0.3, -0.25) is 9.88 Å². The molecule has 0 amide bonds. The van der Waals surface area contributed by atoms with Crippen molar-refractivity contribution in [1.29, 1.82) is 0 Å². The summed E-state index contributed by atoms with van der Waals surface area (Å²) in [5, 5.41) is 0. The van der Waals surface area contributed by atoms with Crippen LogP contribution in [0.15, 0.2) is 18.3 Å².